The minimum Gasteiger partial charge on any atom is -0.456 e. The third kappa shape index (κ3) is 3.48. The Labute approximate surface area is 130 Å². The van der Waals surface area contributed by atoms with Crippen molar-refractivity contribution in [3.05, 3.63) is 51.0 Å². The topological polar surface area (TPSA) is 34.2 Å². The van der Waals surface area contributed by atoms with Crippen LogP contribution in [0.3, 0.4) is 0 Å². The van der Waals surface area contributed by atoms with Crippen LogP contribution in [0.25, 0.3) is 0 Å². The normalized spacial score (nSPS) is 10.7. The van der Waals surface area contributed by atoms with Crippen molar-refractivity contribution < 1.29 is 9.13 Å². The molecule has 1 aromatic carbocycles. The quantitative estimate of drug-likeness (QED) is 0.819. The van der Waals surface area contributed by atoms with Gasteiger partial charge in [-0.25, -0.2) is 4.39 Å². The van der Waals surface area contributed by atoms with Gasteiger partial charge in [-0.3, -0.25) is 4.98 Å². The highest BCUT2D eigenvalue weighted by Crippen LogP contribution is 2.35. The molecule has 1 aromatic heterocycles. The first-order valence-electron chi connectivity index (χ1n) is 5.93. The van der Waals surface area contributed by atoms with Crippen molar-refractivity contribution in [2.75, 3.05) is 7.05 Å². The van der Waals surface area contributed by atoms with E-state index in [1.165, 1.54) is 12.1 Å². The third-order valence-electron chi connectivity index (χ3n) is 2.64. The summed E-state index contributed by atoms with van der Waals surface area (Å²) in [5, 5.41) is 3.08. The van der Waals surface area contributed by atoms with E-state index in [2.05, 4.69) is 26.2 Å². The molecule has 0 saturated heterocycles. The minimum atomic E-state index is -0.522. The Morgan fingerprint density at radius 3 is 2.80 bits per heavy atom. The number of pyridine rings is 1. The van der Waals surface area contributed by atoms with Crippen LogP contribution in [0.2, 0.25) is 5.02 Å². The molecule has 20 heavy (non-hydrogen) atoms. The van der Waals surface area contributed by atoms with Crippen molar-refractivity contribution in [3.63, 3.8) is 0 Å². The molecule has 0 aliphatic rings. The summed E-state index contributed by atoms with van der Waals surface area (Å²) in [6.45, 7) is 2.48. The predicted octanol–water partition coefficient (Wildman–Crippen LogP) is 4.46. The van der Waals surface area contributed by atoms with Crippen LogP contribution in [-0.4, -0.2) is 12.0 Å². The van der Waals surface area contributed by atoms with E-state index in [1.54, 1.807) is 6.20 Å². The molecule has 106 valence electrons. The molecule has 0 aliphatic carbocycles. The van der Waals surface area contributed by atoms with Crippen LogP contribution in [0.15, 0.2) is 28.9 Å². The van der Waals surface area contributed by atoms with Crippen molar-refractivity contribution in [1.29, 1.82) is 0 Å². The molecular formula is C14H13BrClFN2O. The zero-order valence-electron chi connectivity index (χ0n) is 11.0. The van der Waals surface area contributed by atoms with Gasteiger partial charge in [0.2, 0.25) is 0 Å². The molecule has 6 heteroatoms. The fourth-order valence-corrected chi connectivity index (χ4v) is 2.40. The number of benzene rings is 1. The number of nitrogens with one attached hydrogen (secondary N) is 1. The van der Waals surface area contributed by atoms with Crippen LogP contribution in [0, 0.1) is 12.7 Å². The van der Waals surface area contributed by atoms with Crippen LogP contribution >= 0.6 is 27.5 Å². The average Bonchev–Trinajstić information content (AvgIpc) is 2.39. The number of halogens is 3. The van der Waals surface area contributed by atoms with Crippen molar-refractivity contribution in [1.82, 2.24) is 10.3 Å². The monoisotopic (exact) mass is 358 g/mol. The molecule has 2 aromatic rings. The van der Waals surface area contributed by atoms with Crippen LogP contribution in [0.1, 0.15) is 11.3 Å². The molecule has 0 spiro atoms. The molecule has 0 bridgehead atoms. The van der Waals surface area contributed by atoms with Gasteiger partial charge in [0.15, 0.2) is 0 Å². The summed E-state index contributed by atoms with van der Waals surface area (Å²) < 4.78 is 19.9. The van der Waals surface area contributed by atoms with E-state index in [0.717, 1.165) is 11.3 Å². The van der Waals surface area contributed by atoms with Gasteiger partial charge >= 0.3 is 0 Å². The smallest absolute Gasteiger partial charge is 0.145 e. The number of nitrogens with zero attached hydrogens (tertiary/aromatic N) is 1. The maximum atomic E-state index is 13.5. The number of hydrogen-bond donors (Lipinski definition) is 1. The van der Waals surface area contributed by atoms with Crippen LogP contribution in [0.5, 0.6) is 11.5 Å². The number of ether oxygens (including phenoxy) is 1. The Kier molecular flexibility index (Phi) is 4.96. The number of aryl methyl sites for hydroxylation is 1. The van der Waals surface area contributed by atoms with E-state index in [-0.39, 0.29) is 5.02 Å². The highest BCUT2D eigenvalue weighted by molar-refractivity contribution is 9.10. The Bertz CT molecular complexity index is 637. The van der Waals surface area contributed by atoms with Gasteiger partial charge in [0.1, 0.15) is 17.3 Å². The van der Waals surface area contributed by atoms with Gasteiger partial charge in [0.05, 0.1) is 9.50 Å². The minimum absolute atomic E-state index is 0.0468. The van der Waals surface area contributed by atoms with Gasteiger partial charge in [-0.15, -0.1) is 0 Å². The maximum Gasteiger partial charge on any atom is 0.145 e. The fourth-order valence-electron chi connectivity index (χ4n) is 1.68. The van der Waals surface area contributed by atoms with Gasteiger partial charge in [-0.2, -0.15) is 0 Å². The maximum absolute atomic E-state index is 13.5. The fraction of sp³-hybridized carbons (Fsp3) is 0.214. The molecule has 0 fully saturated rings. The summed E-state index contributed by atoms with van der Waals surface area (Å²) in [7, 11) is 1.83. The highest BCUT2D eigenvalue weighted by Gasteiger charge is 2.11. The Hall–Kier alpha value is -1.17. The summed E-state index contributed by atoms with van der Waals surface area (Å²) >= 11 is 9.03. The number of hydrogen-bond acceptors (Lipinski definition) is 3. The Morgan fingerprint density at radius 1 is 1.35 bits per heavy atom. The zero-order chi connectivity index (χ0) is 14.7. The molecule has 0 unspecified atom stereocenters. The van der Waals surface area contributed by atoms with E-state index in [1.807, 2.05) is 20.0 Å². The van der Waals surface area contributed by atoms with Crippen LogP contribution < -0.4 is 10.1 Å². The average molecular weight is 360 g/mol. The first-order chi connectivity index (χ1) is 9.51. The summed E-state index contributed by atoms with van der Waals surface area (Å²) in [5.74, 6) is 0.481. The van der Waals surface area contributed by atoms with Crippen molar-refractivity contribution in [2.24, 2.45) is 0 Å². The van der Waals surface area contributed by atoms with Crippen molar-refractivity contribution in [2.45, 2.75) is 13.5 Å². The first-order valence-corrected chi connectivity index (χ1v) is 7.11. The summed E-state index contributed by atoms with van der Waals surface area (Å²) in [6, 6.07) is 4.54. The lowest BCUT2D eigenvalue weighted by Gasteiger charge is -2.13. The lowest BCUT2D eigenvalue weighted by Crippen LogP contribution is -2.07. The lowest BCUT2D eigenvalue weighted by atomic mass is 10.2. The number of aromatic nitrogens is 1. The molecule has 3 nitrogen and oxygen atoms in total. The Balaban J connectivity index is 2.38. The Morgan fingerprint density at radius 2 is 2.10 bits per heavy atom. The molecule has 0 radical (unpaired) electrons. The standard InChI is InChI=1S/C14H13BrClFN2O/c1-8-3-13(9(6-18-2)7-19-8)20-14-5-12(17)11(16)4-10(14)15/h3-5,7,18H,6H2,1-2H3. The van der Waals surface area contributed by atoms with E-state index in [4.69, 9.17) is 16.3 Å². The van der Waals surface area contributed by atoms with Gasteiger partial charge < -0.3 is 10.1 Å². The number of rotatable bonds is 4. The summed E-state index contributed by atoms with van der Waals surface area (Å²) in [5.41, 5.74) is 1.71. The molecule has 2 rings (SSSR count). The van der Waals surface area contributed by atoms with Crippen LogP contribution in [-0.2, 0) is 6.54 Å². The van der Waals surface area contributed by atoms with Crippen molar-refractivity contribution >= 4 is 27.5 Å². The lowest BCUT2D eigenvalue weighted by molar-refractivity contribution is 0.464. The summed E-state index contributed by atoms with van der Waals surface area (Å²) in [4.78, 5) is 4.23. The zero-order valence-corrected chi connectivity index (χ0v) is 13.3. The molecular weight excluding hydrogens is 347 g/mol. The molecule has 0 aliphatic heterocycles. The second kappa shape index (κ2) is 6.52. The van der Waals surface area contributed by atoms with Gasteiger partial charge in [0.25, 0.3) is 0 Å². The van der Waals surface area contributed by atoms with Crippen LogP contribution in [0.4, 0.5) is 4.39 Å². The first kappa shape index (κ1) is 15.2. The van der Waals surface area contributed by atoms with E-state index >= 15 is 0 Å². The molecule has 0 atom stereocenters. The molecule has 1 N–H and O–H groups in total. The SMILES string of the molecule is CNCc1cnc(C)cc1Oc1cc(F)c(Cl)cc1Br. The van der Waals surface area contributed by atoms with Gasteiger partial charge in [-0.1, -0.05) is 11.6 Å². The second-order valence-corrected chi connectivity index (χ2v) is 5.52. The molecule has 1 heterocycles. The van der Waals surface area contributed by atoms with E-state index in [9.17, 15) is 4.39 Å². The van der Waals surface area contributed by atoms with E-state index < -0.39 is 5.82 Å². The predicted molar refractivity (Wildman–Crippen MR) is 80.9 cm³/mol. The highest BCUT2D eigenvalue weighted by atomic mass is 79.9. The second-order valence-electron chi connectivity index (χ2n) is 4.26. The van der Waals surface area contributed by atoms with Gasteiger partial charge in [-0.05, 0) is 36.0 Å². The summed E-state index contributed by atoms with van der Waals surface area (Å²) in [6.07, 6.45) is 1.74. The third-order valence-corrected chi connectivity index (χ3v) is 3.55. The molecule has 0 amide bonds. The van der Waals surface area contributed by atoms with Gasteiger partial charge in [0, 0.05) is 36.1 Å². The van der Waals surface area contributed by atoms with E-state index in [0.29, 0.717) is 22.5 Å². The molecule has 0 saturated carbocycles. The largest absolute Gasteiger partial charge is 0.456 e. The van der Waals surface area contributed by atoms with Crippen molar-refractivity contribution in [3.8, 4) is 11.5 Å².